The second-order valence-electron chi connectivity index (χ2n) is 5.96. The highest BCUT2D eigenvalue weighted by Crippen LogP contribution is 2.64. The Bertz CT molecular complexity index is 183. The zero-order valence-electron chi connectivity index (χ0n) is 9.93. The van der Waals surface area contributed by atoms with Gasteiger partial charge in [-0.1, -0.05) is 0 Å². The predicted octanol–water partition coefficient (Wildman–Crippen LogP) is 2.41. The number of nitrogens with two attached hydrogens (primary N) is 2. The molecule has 2 rings (SSSR count). The Morgan fingerprint density at radius 2 is 1.13 bits per heavy atom. The van der Waals surface area contributed by atoms with Crippen LogP contribution in [0.1, 0.15) is 57.8 Å². The first-order valence-electron chi connectivity index (χ1n) is 6.64. The molecule has 2 nitrogen and oxygen atoms in total. The van der Waals surface area contributed by atoms with E-state index < -0.39 is 0 Å². The van der Waals surface area contributed by atoms with Crippen molar-refractivity contribution in [3.63, 3.8) is 0 Å². The Hall–Kier alpha value is -0.0800. The lowest BCUT2D eigenvalue weighted by molar-refractivity contribution is 0.249. The Morgan fingerprint density at radius 3 is 1.47 bits per heavy atom. The molecule has 88 valence electrons. The van der Waals surface area contributed by atoms with Crippen LogP contribution in [0, 0.1) is 10.8 Å². The molecule has 2 bridgehead atoms. The molecule has 0 heterocycles. The van der Waals surface area contributed by atoms with Gasteiger partial charge in [-0.3, -0.25) is 0 Å². The van der Waals surface area contributed by atoms with Crippen molar-refractivity contribution in [2.75, 3.05) is 13.1 Å². The molecule has 2 saturated carbocycles. The standard InChI is InChI=1S/C13H26N2/c14-9-1-3-12-5-7-13(11-12,8-6-12)4-2-10-15/h1-11,14-15H2. The van der Waals surface area contributed by atoms with Gasteiger partial charge in [-0.25, -0.2) is 0 Å². The molecule has 0 aromatic heterocycles. The molecule has 15 heavy (non-hydrogen) atoms. The largest absolute Gasteiger partial charge is 0.330 e. The molecule has 0 saturated heterocycles. The lowest BCUT2D eigenvalue weighted by atomic mass is 9.78. The summed E-state index contributed by atoms with van der Waals surface area (Å²) in [7, 11) is 0. The molecule has 0 atom stereocenters. The smallest absolute Gasteiger partial charge is 0.00771 e. The maximum Gasteiger partial charge on any atom is -0.00771 e. The molecule has 2 heteroatoms. The summed E-state index contributed by atoms with van der Waals surface area (Å²) < 4.78 is 0. The molecule has 0 amide bonds. The topological polar surface area (TPSA) is 52.0 Å². The van der Waals surface area contributed by atoms with Gasteiger partial charge in [0.2, 0.25) is 0 Å². The van der Waals surface area contributed by atoms with Gasteiger partial charge in [-0.2, -0.15) is 0 Å². The van der Waals surface area contributed by atoms with Crippen molar-refractivity contribution in [3.8, 4) is 0 Å². The Kier molecular flexibility index (Phi) is 3.36. The van der Waals surface area contributed by atoms with Crippen LogP contribution in [0.5, 0.6) is 0 Å². The fraction of sp³-hybridized carbons (Fsp3) is 1.00. The summed E-state index contributed by atoms with van der Waals surface area (Å²) in [6.45, 7) is 1.75. The van der Waals surface area contributed by atoms with Crippen LogP contribution in [-0.2, 0) is 0 Å². The van der Waals surface area contributed by atoms with Crippen LogP contribution in [0.4, 0.5) is 0 Å². The Balaban J connectivity index is 1.89. The van der Waals surface area contributed by atoms with Crippen molar-refractivity contribution in [2.24, 2.45) is 22.3 Å². The van der Waals surface area contributed by atoms with E-state index in [2.05, 4.69) is 0 Å². The van der Waals surface area contributed by atoms with Gasteiger partial charge in [0.05, 0.1) is 0 Å². The van der Waals surface area contributed by atoms with Crippen LogP contribution in [0.3, 0.4) is 0 Å². The SMILES string of the molecule is NCCCC12CCC(CCCN)(CC1)C2. The van der Waals surface area contributed by atoms with Crippen molar-refractivity contribution >= 4 is 0 Å². The number of hydrogen-bond acceptors (Lipinski definition) is 2. The maximum absolute atomic E-state index is 5.63. The van der Waals surface area contributed by atoms with Crippen molar-refractivity contribution in [2.45, 2.75) is 57.8 Å². The molecule has 0 spiro atoms. The van der Waals surface area contributed by atoms with Gasteiger partial charge in [0.25, 0.3) is 0 Å². The number of rotatable bonds is 6. The third kappa shape index (κ3) is 2.21. The average molecular weight is 210 g/mol. The maximum atomic E-state index is 5.63. The summed E-state index contributed by atoms with van der Waals surface area (Å²) in [5.41, 5.74) is 12.7. The fourth-order valence-corrected chi connectivity index (χ4v) is 4.09. The summed E-state index contributed by atoms with van der Waals surface area (Å²) in [6, 6.07) is 0. The molecule has 2 aliphatic carbocycles. The van der Waals surface area contributed by atoms with E-state index in [9.17, 15) is 0 Å². The van der Waals surface area contributed by atoms with E-state index in [1.54, 1.807) is 0 Å². The normalized spacial score (nSPS) is 38.8. The zero-order chi connectivity index (χ0) is 10.8. The summed E-state index contributed by atoms with van der Waals surface area (Å²) in [6.07, 6.45) is 12.6. The molecule has 4 N–H and O–H groups in total. The highest BCUT2D eigenvalue weighted by Gasteiger charge is 2.52. The molecule has 0 aliphatic heterocycles. The van der Waals surface area contributed by atoms with Crippen LogP contribution in [-0.4, -0.2) is 13.1 Å². The van der Waals surface area contributed by atoms with Gasteiger partial charge in [-0.05, 0) is 81.7 Å². The van der Waals surface area contributed by atoms with E-state index in [1.807, 2.05) is 0 Å². The van der Waals surface area contributed by atoms with Gasteiger partial charge in [-0.15, -0.1) is 0 Å². The van der Waals surface area contributed by atoms with E-state index in [0.717, 1.165) is 13.1 Å². The van der Waals surface area contributed by atoms with Crippen LogP contribution in [0.2, 0.25) is 0 Å². The Morgan fingerprint density at radius 1 is 0.733 bits per heavy atom. The zero-order valence-corrected chi connectivity index (χ0v) is 9.93. The summed E-state index contributed by atoms with van der Waals surface area (Å²) in [4.78, 5) is 0. The molecule has 2 aliphatic rings. The summed E-state index contributed by atoms with van der Waals surface area (Å²) >= 11 is 0. The van der Waals surface area contributed by atoms with Crippen molar-refractivity contribution in [1.82, 2.24) is 0 Å². The number of hydrogen-bond donors (Lipinski definition) is 2. The predicted molar refractivity (Wildman–Crippen MR) is 64.5 cm³/mol. The van der Waals surface area contributed by atoms with E-state index in [4.69, 9.17) is 11.5 Å². The van der Waals surface area contributed by atoms with Gasteiger partial charge in [0, 0.05) is 0 Å². The third-order valence-corrected chi connectivity index (χ3v) is 4.94. The van der Waals surface area contributed by atoms with Crippen LogP contribution in [0.15, 0.2) is 0 Å². The number of fused-ring (bicyclic) bond motifs is 2. The quantitative estimate of drug-likeness (QED) is 0.707. The molecule has 0 aromatic carbocycles. The highest BCUT2D eigenvalue weighted by molar-refractivity contribution is 5.04. The first-order valence-corrected chi connectivity index (χ1v) is 6.64. The summed E-state index contributed by atoms with van der Waals surface area (Å²) in [5.74, 6) is 0. The van der Waals surface area contributed by atoms with E-state index in [0.29, 0.717) is 10.8 Å². The first-order chi connectivity index (χ1) is 7.24. The van der Waals surface area contributed by atoms with Gasteiger partial charge < -0.3 is 11.5 Å². The molecular formula is C13H26N2. The monoisotopic (exact) mass is 210 g/mol. The minimum absolute atomic E-state index is 0.702. The lowest BCUT2D eigenvalue weighted by Crippen LogP contribution is -2.16. The first kappa shape index (κ1) is 11.4. The second kappa shape index (κ2) is 4.42. The van der Waals surface area contributed by atoms with Crippen LogP contribution < -0.4 is 11.5 Å². The van der Waals surface area contributed by atoms with E-state index >= 15 is 0 Å². The molecule has 0 aromatic rings. The average Bonchev–Trinajstić information content (AvgIpc) is 2.80. The van der Waals surface area contributed by atoms with Crippen LogP contribution >= 0.6 is 0 Å². The van der Waals surface area contributed by atoms with Crippen molar-refractivity contribution in [3.05, 3.63) is 0 Å². The molecule has 0 unspecified atom stereocenters. The Labute approximate surface area is 93.8 Å². The van der Waals surface area contributed by atoms with E-state index in [1.165, 1.54) is 57.8 Å². The minimum Gasteiger partial charge on any atom is -0.330 e. The molecular weight excluding hydrogens is 184 g/mol. The van der Waals surface area contributed by atoms with Crippen molar-refractivity contribution < 1.29 is 0 Å². The van der Waals surface area contributed by atoms with Gasteiger partial charge >= 0.3 is 0 Å². The minimum atomic E-state index is 0.702. The van der Waals surface area contributed by atoms with Crippen LogP contribution in [0.25, 0.3) is 0 Å². The van der Waals surface area contributed by atoms with Gasteiger partial charge in [0.1, 0.15) is 0 Å². The second-order valence-corrected chi connectivity index (χ2v) is 5.96. The molecule has 2 fully saturated rings. The van der Waals surface area contributed by atoms with Crippen molar-refractivity contribution in [1.29, 1.82) is 0 Å². The summed E-state index contributed by atoms with van der Waals surface area (Å²) in [5, 5.41) is 0. The van der Waals surface area contributed by atoms with Gasteiger partial charge in [0.15, 0.2) is 0 Å². The molecule has 0 radical (unpaired) electrons. The van der Waals surface area contributed by atoms with E-state index in [-0.39, 0.29) is 0 Å². The highest BCUT2D eigenvalue weighted by atomic mass is 14.6. The fourth-order valence-electron chi connectivity index (χ4n) is 4.09. The lowest BCUT2D eigenvalue weighted by Gasteiger charge is -2.27. The third-order valence-electron chi connectivity index (χ3n) is 4.94.